The molecule has 2 aliphatic rings. The minimum absolute atomic E-state index is 0.0764. The highest BCUT2D eigenvalue weighted by Crippen LogP contribution is 2.38. The Hall–Kier alpha value is -1.43. The summed E-state index contributed by atoms with van der Waals surface area (Å²) in [5.41, 5.74) is 1.10. The Labute approximate surface area is 112 Å². The maximum Gasteiger partial charge on any atom is 0.248 e. The highest BCUT2D eigenvalue weighted by atomic mass is 16.5. The monoisotopic (exact) mass is 264 g/mol. The van der Waals surface area contributed by atoms with E-state index in [0.29, 0.717) is 5.92 Å². The predicted molar refractivity (Wildman–Crippen MR) is 68.6 cm³/mol. The van der Waals surface area contributed by atoms with Crippen LogP contribution in [0.5, 0.6) is 0 Å². The minimum atomic E-state index is 0.0764. The van der Waals surface area contributed by atoms with Crippen molar-refractivity contribution in [3.8, 4) is 0 Å². The lowest BCUT2D eigenvalue weighted by atomic mass is 10.2. The van der Waals surface area contributed by atoms with Gasteiger partial charge in [-0.2, -0.15) is 0 Å². The number of nitrogens with zero attached hydrogens (tertiary/aromatic N) is 4. The van der Waals surface area contributed by atoms with Crippen molar-refractivity contribution in [1.82, 2.24) is 19.9 Å². The Morgan fingerprint density at radius 2 is 2.32 bits per heavy atom. The Morgan fingerprint density at radius 1 is 1.47 bits per heavy atom. The molecule has 1 saturated heterocycles. The van der Waals surface area contributed by atoms with E-state index in [1.165, 1.54) is 12.8 Å². The van der Waals surface area contributed by atoms with Crippen LogP contribution in [0.25, 0.3) is 0 Å². The third kappa shape index (κ3) is 2.78. The first-order valence-corrected chi connectivity index (χ1v) is 6.96. The summed E-state index contributed by atoms with van der Waals surface area (Å²) in [7, 11) is 1.56. The van der Waals surface area contributed by atoms with Crippen LogP contribution < -0.4 is 0 Å². The highest BCUT2D eigenvalue weighted by Gasteiger charge is 2.30. The molecule has 6 heteroatoms. The molecule has 0 spiro atoms. The molecule has 0 N–H and O–H groups in total. The number of methoxy groups -OCH3 is 1. The third-order valence-electron chi connectivity index (χ3n) is 3.92. The summed E-state index contributed by atoms with van der Waals surface area (Å²) in [6.45, 7) is 1.74. The molecule has 0 bridgehead atoms. The molecule has 104 valence electrons. The molecule has 2 heterocycles. The summed E-state index contributed by atoms with van der Waals surface area (Å²) >= 11 is 0. The fourth-order valence-corrected chi connectivity index (χ4v) is 2.74. The molecule has 0 unspecified atom stereocenters. The molecule has 1 aliphatic heterocycles. The molecular weight excluding hydrogens is 244 g/mol. The van der Waals surface area contributed by atoms with E-state index in [-0.39, 0.29) is 18.6 Å². The van der Waals surface area contributed by atoms with Gasteiger partial charge >= 0.3 is 0 Å². The summed E-state index contributed by atoms with van der Waals surface area (Å²) in [5, 5.41) is 8.39. The maximum absolute atomic E-state index is 11.9. The number of ether oxygens (including phenoxy) is 1. The van der Waals surface area contributed by atoms with Gasteiger partial charge in [0.05, 0.1) is 18.3 Å². The van der Waals surface area contributed by atoms with Gasteiger partial charge in [-0.15, -0.1) is 5.10 Å². The topological polar surface area (TPSA) is 60.2 Å². The summed E-state index contributed by atoms with van der Waals surface area (Å²) in [6, 6.07) is 0.233. The number of hydrogen-bond donors (Lipinski definition) is 0. The Bertz CT molecular complexity index is 455. The van der Waals surface area contributed by atoms with Crippen LogP contribution in [0.1, 0.15) is 37.3 Å². The molecule has 1 atom stereocenters. The van der Waals surface area contributed by atoms with E-state index in [9.17, 15) is 4.79 Å². The molecule has 6 nitrogen and oxygen atoms in total. The SMILES string of the molecule is COCC(=O)N1CCC[C@H]1Cn1cc(C2CC2)nn1. The van der Waals surface area contributed by atoms with Crippen molar-refractivity contribution in [2.45, 2.75) is 44.2 Å². The Balaban J connectivity index is 1.62. The van der Waals surface area contributed by atoms with Gasteiger partial charge in [0.2, 0.25) is 5.91 Å². The van der Waals surface area contributed by atoms with Gasteiger partial charge in [-0.1, -0.05) is 5.21 Å². The molecule has 1 aromatic heterocycles. The zero-order valence-corrected chi connectivity index (χ0v) is 11.3. The average Bonchev–Trinajstić information content (AvgIpc) is 2.97. The lowest BCUT2D eigenvalue weighted by Crippen LogP contribution is -2.40. The van der Waals surface area contributed by atoms with Gasteiger partial charge < -0.3 is 9.64 Å². The molecule has 2 fully saturated rings. The molecule has 1 aliphatic carbocycles. The number of likely N-dealkylation sites (tertiary alicyclic amines) is 1. The number of aromatic nitrogens is 3. The fourth-order valence-electron chi connectivity index (χ4n) is 2.74. The van der Waals surface area contributed by atoms with E-state index < -0.39 is 0 Å². The summed E-state index contributed by atoms with van der Waals surface area (Å²) < 4.78 is 6.82. The Kier molecular flexibility index (Phi) is 3.50. The standard InChI is InChI=1S/C13H20N4O2/c1-19-9-13(18)17-6-2-3-11(17)7-16-8-12(14-15-16)10-4-5-10/h8,10-11H,2-7,9H2,1H3/t11-/m0/s1. The smallest absolute Gasteiger partial charge is 0.248 e. The van der Waals surface area contributed by atoms with Crippen molar-refractivity contribution in [2.75, 3.05) is 20.3 Å². The van der Waals surface area contributed by atoms with E-state index in [2.05, 4.69) is 10.3 Å². The van der Waals surface area contributed by atoms with Crippen molar-refractivity contribution in [3.05, 3.63) is 11.9 Å². The zero-order chi connectivity index (χ0) is 13.2. The molecule has 19 heavy (non-hydrogen) atoms. The van der Waals surface area contributed by atoms with E-state index in [0.717, 1.165) is 31.6 Å². The first-order chi connectivity index (χ1) is 9.28. The van der Waals surface area contributed by atoms with Crippen LogP contribution in [-0.4, -0.2) is 52.1 Å². The minimum Gasteiger partial charge on any atom is -0.375 e. The van der Waals surface area contributed by atoms with Gasteiger partial charge in [0.25, 0.3) is 0 Å². The second kappa shape index (κ2) is 5.28. The van der Waals surface area contributed by atoms with Crippen LogP contribution in [0.2, 0.25) is 0 Å². The lowest BCUT2D eigenvalue weighted by Gasteiger charge is -2.24. The summed E-state index contributed by atoms with van der Waals surface area (Å²) in [6.07, 6.45) is 6.61. The third-order valence-corrected chi connectivity index (χ3v) is 3.92. The van der Waals surface area contributed by atoms with Crippen molar-refractivity contribution in [3.63, 3.8) is 0 Å². The quantitative estimate of drug-likeness (QED) is 0.789. The van der Waals surface area contributed by atoms with E-state index >= 15 is 0 Å². The number of hydrogen-bond acceptors (Lipinski definition) is 4. The normalized spacial score (nSPS) is 23.0. The van der Waals surface area contributed by atoms with E-state index in [1.54, 1.807) is 7.11 Å². The highest BCUT2D eigenvalue weighted by molar-refractivity contribution is 5.78. The number of rotatable bonds is 5. The average molecular weight is 264 g/mol. The van der Waals surface area contributed by atoms with Gasteiger partial charge in [0, 0.05) is 25.8 Å². The second-order valence-corrected chi connectivity index (χ2v) is 5.46. The molecule has 1 amide bonds. The second-order valence-electron chi connectivity index (χ2n) is 5.46. The molecule has 3 rings (SSSR count). The number of amides is 1. The van der Waals surface area contributed by atoms with Gasteiger partial charge in [0.1, 0.15) is 6.61 Å². The van der Waals surface area contributed by atoms with Gasteiger partial charge in [-0.05, 0) is 25.7 Å². The van der Waals surface area contributed by atoms with Crippen LogP contribution in [0.4, 0.5) is 0 Å². The molecular formula is C13H20N4O2. The van der Waals surface area contributed by atoms with E-state index in [4.69, 9.17) is 4.74 Å². The van der Waals surface area contributed by atoms with Gasteiger partial charge in [-0.25, -0.2) is 0 Å². The first kappa shape index (κ1) is 12.6. The molecule has 0 radical (unpaired) electrons. The van der Waals surface area contributed by atoms with Crippen molar-refractivity contribution < 1.29 is 9.53 Å². The van der Waals surface area contributed by atoms with Crippen molar-refractivity contribution >= 4 is 5.91 Å². The lowest BCUT2D eigenvalue weighted by molar-refractivity contribution is -0.136. The molecule has 1 aromatic rings. The summed E-state index contributed by atoms with van der Waals surface area (Å²) in [4.78, 5) is 13.8. The van der Waals surface area contributed by atoms with Crippen LogP contribution >= 0.6 is 0 Å². The molecule has 1 saturated carbocycles. The largest absolute Gasteiger partial charge is 0.375 e. The van der Waals surface area contributed by atoms with Crippen LogP contribution in [0, 0.1) is 0 Å². The first-order valence-electron chi connectivity index (χ1n) is 6.96. The summed E-state index contributed by atoms with van der Waals surface area (Å²) in [5.74, 6) is 0.705. The van der Waals surface area contributed by atoms with Gasteiger partial charge in [0.15, 0.2) is 0 Å². The fraction of sp³-hybridized carbons (Fsp3) is 0.769. The Morgan fingerprint density at radius 3 is 3.05 bits per heavy atom. The van der Waals surface area contributed by atoms with Crippen molar-refractivity contribution in [2.24, 2.45) is 0 Å². The number of carbonyl (C=O) groups is 1. The van der Waals surface area contributed by atoms with E-state index in [1.807, 2.05) is 15.8 Å². The van der Waals surface area contributed by atoms with Crippen LogP contribution in [-0.2, 0) is 16.1 Å². The van der Waals surface area contributed by atoms with Crippen LogP contribution in [0.3, 0.4) is 0 Å². The predicted octanol–water partition coefficient (Wildman–Crippen LogP) is 0.793. The van der Waals surface area contributed by atoms with Crippen LogP contribution in [0.15, 0.2) is 6.20 Å². The van der Waals surface area contributed by atoms with Gasteiger partial charge in [-0.3, -0.25) is 9.48 Å². The zero-order valence-electron chi connectivity index (χ0n) is 11.3. The maximum atomic E-state index is 11.9. The molecule has 0 aromatic carbocycles. The number of carbonyl (C=O) groups excluding carboxylic acids is 1. The van der Waals surface area contributed by atoms with Crippen molar-refractivity contribution in [1.29, 1.82) is 0 Å².